The topological polar surface area (TPSA) is 96.3 Å². The van der Waals surface area contributed by atoms with E-state index in [9.17, 15) is 13.2 Å². The Kier molecular flexibility index (Phi) is 4.82. The number of likely N-dealkylation sites (N-methyl/N-ethyl adjacent to an activating group) is 1. The molecule has 160 valence electrons. The molecule has 1 saturated heterocycles. The molecule has 30 heavy (non-hydrogen) atoms. The number of amides is 2. The number of hydrogen-bond donors (Lipinski definition) is 2. The van der Waals surface area contributed by atoms with Gasteiger partial charge in [0.25, 0.3) is 10.0 Å². The first kappa shape index (κ1) is 19.6. The van der Waals surface area contributed by atoms with Crippen molar-refractivity contribution in [3.8, 4) is 0 Å². The number of fused-ring (bicyclic) bond motifs is 2. The highest BCUT2D eigenvalue weighted by Crippen LogP contribution is 2.38. The van der Waals surface area contributed by atoms with Crippen LogP contribution in [0, 0.1) is 0 Å². The van der Waals surface area contributed by atoms with E-state index in [0.717, 1.165) is 68.3 Å². The highest BCUT2D eigenvalue weighted by Gasteiger charge is 2.28. The van der Waals surface area contributed by atoms with E-state index in [1.807, 2.05) is 7.05 Å². The third-order valence-electron chi connectivity index (χ3n) is 6.67. The number of urea groups is 1. The molecule has 1 aromatic carbocycles. The first-order valence-electron chi connectivity index (χ1n) is 10.6. The fourth-order valence-electron chi connectivity index (χ4n) is 4.89. The Morgan fingerprint density at radius 1 is 1.17 bits per heavy atom. The summed E-state index contributed by atoms with van der Waals surface area (Å²) in [5.41, 5.74) is 5.72. The quantitative estimate of drug-likeness (QED) is 0.759. The van der Waals surface area contributed by atoms with Crippen LogP contribution in [0.4, 0.5) is 10.5 Å². The number of sulfonamides is 1. The standard InChI is InChI=1S/C21H27N5O3S/c1-25-10-8-16(25)13-26-11-9-19(23-26)30(28,29)24-21(27)22-20-17-6-2-4-14(17)12-15-5-3-7-18(15)20/h9,11-12,16H,2-8,10,13H2,1H3,(H2,22,24,27)/t16-/m0/s1. The van der Waals surface area contributed by atoms with E-state index in [0.29, 0.717) is 12.6 Å². The van der Waals surface area contributed by atoms with Crippen molar-refractivity contribution in [3.63, 3.8) is 0 Å². The van der Waals surface area contributed by atoms with Crippen molar-refractivity contribution in [2.45, 2.75) is 62.6 Å². The fraction of sp³-hybridized carbons (Fsp3) is 0.524. The molecule has 2 heterocycles. The van der Waals surface area contributed by atoms with Crippen LogP contribution in [0.5, 0.6) is 0 Å². The van der Waals surface area contributed by atoms with Crippen molar-refractivity contribution < 1.29 is 13.2 Å². The van der Waals surface area contributed by atoms with Crippen molar-refractivity contribution in [3.05, 3.63) is 40.6 Å². The van der Waals surface area contributed by atoms with Crippen LogP contribution in [-0.2, 0) is 42.3 Å². The van der Waals surface area contributed by atoms with Crippen LogP contribution in [0.3, 0.4) is 0 Å². The first-order valence-corrected chi connectivity index (χ1v) is 12.1. The zero-order chi connectivity index (χ0) is 20.9. The Morgan fingerprint density at radius 3 is 2.47 bits per heavy atom. The van der Waals surface area contributed by atoms with Gasteiger partial charge in [-0.05, 0) is 86.9 Å². The van der Waals surface area contributed by atoms with E-state index < -0.39 is 16.1 Å². The number of carbonyl (C=O) groups excluding carboxylic acids is 1. The summed E-state index contributed by atoms with van der Waals surface area (Å²) in [6.07, 6.45) is 8.74. The zero-order valence-corrected chi connectivity index (χ0v) is 18.0. The van der Waals surface area contributed by atoms with Gasteiger partial charge in [-0.2, -0.15) is 13.5 Å². The van der Waals surface area contributed by atoms with Crippen LogP contribution in [0.1, 0.15) is 41.5 Å². The van der Waals surface area contributed by atoms with Gasteiger partial charge in [0.2, 0.25) is 0 Å². The molecular formula is C21H27N5O3S. The second-order valence-electron chi connectivity index (χ2n) is 8.59. The smallest absolute Gasteiger partial charge is 0.307 e. The average molecular weight is 430 g/mol. The van der Waals surface area contributed by atoms with Crippen molar-refractivity contribution >= 4 is 21.7 Å². The number of benzene rings is 1. The van der Waals surface area contributed by atoms with Gasteiger partial charge in [-0.25, -0.2) is 9.52 Å². The molecule has 9 heteroatoms. The van der Waals surface area contributed by atoms with Gasteiger partial charge in [0.15, 0.2) is 5.03 Å². The maximum Gasteiger partial charge on any atom is 0.333 e. The Balaban J connectivity index is 1.31. The minimum absolute atomic E-state index is 0.136. The second-order valence-corrected chi connectivity index (χ2v) is 10.2. The summed E-state index contributed by atoms with van der Waals surface area (Å²) < 4.78 is 29.1. The Labute approximate surface area is 176 Å². The number of rotatable bonds is 5. The summed E-state index contributed by atoms with van der Waals surface area (Å²) in [4.78, 5) is 14.8. The van der Waals surface area contributed by atoms with Gasteiger partial charge >= 0.3 is 6.03 Å². The van der Waals surface area contributed by atoms with Crippen LogP contribution in [0.25, 0.3) is 0 Å². The highest BCUT2D eigenvalue weighted by molar-refractivity contribution is 7.90. The van der Waals surface area contributed by atoms with E-state index in [-0.39, 0.29) is 5.03 Å². The minimum atomic E-state index is -4.03. The van der Waals surface area contributed by atoms with Crippen LogP contribution < -0.4 is 10.0 Å². The van der Waals surface area contributed by atoms with E-state index in [1.54, 1.807) is 10.9 Å². The minimum Gasteiger partial charge on any atom is -0.307 e. The molecule has 1 aromatic heterocycles. The summed E-state index contributed by atoms with van der Waals surface area (Å²) in [6.45, 7) is 1.69. The van der Waals surface area contributed by atoms with Gasteiger partial charge in [-0.3, -0.25) is 4.68 Å². The normalized spacial score (nSPS) is 20.5. The molecule has 8 nitrogen and oxygen atoms in total. The summed E-state index contributed by atoms with van der Waals surface area (Å²) in [7, 11) is -1.99. The van der Waals surface area contributed by atoms with Crippen molar-refractivity contribution in [1.82, 2.24) is 19.4 Å². The number of likely N-dealkylation sites (tertiary alicyclic amines) is 1. The van der Waals surface area contributed by atoms with Gasteiger partial charge in [-0.1, -0.05) is 6.07 Å². The lowest BCUT2D eigenvalue weighted by molar-refractivity contribution is 0.106. The van der Waals surface area contributed by atoms with Crippen molar-refractivity contribution in [1.29, 1.82) is 0 Å². The van der Waals surface area contributed by atoms with E-state index >= 15 is 0 Å². The molecule has 0 spiro atoms. The van der Waals surface area contributed by atoms with Crippen molar-refractivity contribution in [2.24, 2.45) is 0 Å². The van der Waals surface area contributed by atoms with Gasteiger partial charge < -0.3 is 10.2 Å². The molecule has 3 aliphatic rings. The number of anilines is 1. The molecule has 1 aliphatic heterocycles. The third-order valence-corrected chi connectivity index (χ3v) is 7.89. The van der Waals surface area contributed by atoms with Crippen molar-refractivity contribution in [2.75, 3.05) is 18.9 Å². The zero-order valence-electron chi connectivity index (χ0n) is 17.1. The summed E-state index contributed by atoms with van der Waals surface area (Å²) in [5, 5.41) is 6.90. The molecule has 2 N–H and O–H groups in total. The summed E-state index contributed by atoms with van der Waals surface area (Å²) >= 11 is 0. The van der Waals surface area contributed by atoms with E-state index in [4.69, 9.17) is 0 Å². The predicted molar refractivity (Wildman–Crippen MR) is 113 cm³/mol. The maximum absolute atomic E-state index is 12.7. The molecule has 1 fully saturated rings. The summed E-state index contributed by atoms with van der Waals surface area (Å²) in [6, 6.07) is 3.36. The molecule has 1 atom stereocenters. The van der Waals surface area contributed by atoms with E-state index in [1.165, 1.54) is 17.2 Å². The lowest BCUT2D eigenvalue weighted by atomic mass is 9.99. The van der Waals surface area contributed by atoms with E-state index in [2.05, 4.69) is 26.1 Å². The molecular weight excluding hydrogens is 402 g/mol. The molecule has 0 unspecified atom stereocenters. The maximum atomic E-state index is 12.7. The Morgan fingerprint density at radius 2 is 1.87 bits per heavy atom. The van der Waals surface area contributed by atoms with Crippen LogP contribution in [0.2, 0.25) is 0 Å². The molecule has 0 bridgehead atoms. The average Bonchev–Trinajstić information content (AvgIpc) is 3.44. The number of aryl methyl sites for hydroxylation is 2. The molecule has 2 aromatic rings. The summed E-state index contributed by atoms with van der Waals surface area (Å²) in [5.74, 6) is 0. The second kappa shape index (κ2) is 7.39. The first-order chi connectivity index (χ1) is 14.4. The third kappa shape index (κ3) is 3.50. The number of nitrogens with one attached hydrogen (secondary N) is 2. The highest BCUT2D eigenvalue weighted by atomic mass is 32.2. The lowest BCUT2D eigenvalue weighted by Gasteiger charge is -2.37. The molecule has 5 rings (SSSR count). The molecule has 0 saturated carbocycles. The van der Waals surface area contributed by atoms with Crippen LogP contribution in [-0.4, -0.2) is 48.8 Å². The number of carbonyl (C=O) groups is 1. The fourth-order valence-corrected chi connectivity index (χ4v) is 5.74. The molecule has 0 radical (unpaired) electrons. The van der Waals surface area contributed by atoms with Gasteiger partial charge in [-0.15, -0.1) is 0 Å². The molecule has 2 amide bonds. The number of aromatic nitrogens is 2. The van der Waals surface area contributed by atoms with Gasteiger partial charge in [0, 0.05) is 17.9 Å². The number of hydrogen-bond acceptors (Lipinski definition) is 5. The number of nitrogens with zero attached hydrogens (tertiary/aromatic N) is 3. The van der Waals surface area contributed by atoms with Gasteiger partial charge in [0.05, 0.1) is 6.54 Å². The lowest BCUT2D eigenvalue weighted by Crippen LogP contribution is -2.47. The van der Waals surface area contributed by atoms with Crippen LogP contribution in [0.15, 0.2) is 23.4 Å². The Bertz CT molecular complexity index is 1080. The molecule has 2 aliphatic carbocycles. The Hall–Kier alpha value is -2.39. The predicted octanol–water partition coefficient (Wildman–Crippen LogP) is 2.07. The SMILES string of the molecule is CN1CC[C@H]1Cn1ccc(S(=O)(=O)NC(=O)Nc2c3c(cc4c2CCC4)CCC3)n1. The van der Waals surface area contributed by atoms with Crippen LogP contribution >= 0.6 is 0 Å². The van der Waals surface area contributed by atoms with Gasteiger partial charge in [0.1, 0.15) is 0 Å². The monoisotopic (exact) mass is 429 g/mol. The largest absolute Gasteiger partial charge is 0.333 e.